The van der Waals surface area contributed by atoms with Crippen molar-refractivity contribution >= 4 is 18.0 Å². The van der Waals surface area contributed by atoms with E-state index in [1.165, 1.54) is 0 Å². The number of piperazine rings is 1. The molecule has 1 heterocycles. The zero-order valence-electron chi connectivity index (χ0n) is 10.3. The lowest BCUT2D eigenvalue weighted by atomic mass is 10.2. The fraction of sp³-hybridized carbons (Fsp3) is 0.900. The van der Waals surface area contributed by atoms with Crippen LogP contribution in [0.2, 0.25) is 0 Å². The first-order valence-electron chi connectivity index (χ1n) is 5.46. The van der Waals surface area contributed by atoms with Gasteiger partial charge in [-0.25, -0.2) is 9.10 Å². The molecule has 1 aliphatic rings. The van der Waals surface area contributed by atoms with E-state index in [9.17, 15) is 13.6 Å². The molecule has 0 aliphatic carbocycles. The van der Waals surface area contributed by atoms with Gasteiger partial charge in [-0.1, -0.05) is 0 Å². The number of ether oxygens (including phenoxy) is 1. The van der Waals surface area contributed by atoms with E-state index in [4.69, 9.17) is 4.74 Å². The SMILES string of the molecule is CC(C)(C)OC(=O)N1CCN(SC(F)F)CC1. The second kappa shape index (κ2) is 5.86. The number of alkyl halides is 2. The summed E-state index contributed by atoms with van der Waals surface area (Å²) in [6.07, 6.45) is -0.376. The molecule has 0 radical (unpaired) electrons. The number of hydrogen-bond acceptors (Lipinski definition) is 4. The number of nitrogens with zero attached hydrogens (tertiary/aromatic N) is 2. The van der Waals surface area contributed by atoms with Crippen LogP contribution in [0.4, 0.5) is 13.6 Å². The van der Waals surface area contributed by atoms with E-state index in [1.54, 1.807) is 30.0 Å². The molecule has 0 spiro atoms. The third kappa shape index (κ3) is 5.54. The number of carbonyl (C=O) groups excluding carboxylic acids is 1. The van der Waals surface area contributed by atoms with Crippen LogP contribution in [0.3, 0.4) is 0 Å². The maximum absolute atomic E-state index is 12.1. The zero-order valence-corrected chi connectivity index (χ0v) is 11.1. The average molecular weight is 268 g/mol. The highest BCUT2D eigenvalue weighted by atomic mass is 32.2. The summed E-state index contributed by atoms with van der Waals surface area (Å²) in [7, 11) is 0. The molecule has 1 aliphatic heterocycles. The van der Waals surface area contributed by atoms with Crippen LogP contribution in [0.1, 0.15) is 20.8 Å². The summed E-state index contributed by atoms with van der Waals surface area (Å²) in [6.45, 7) is 7.13. The van der Waals surface area contributed by atoms with E-state index < -0.39 is 11.4 Å². The van der Waals surface area contributed by atoms with Crippen molar-refractivity contribution < 1.29 is 18.3 Å². The maximum Gasteiger partial charge on any atom is 0.410 e. The number of amides is 1. The van der Waals surface area contributed by atoms with Gasteiger partial charge in [-0.15, -0.1) is 0 Å². The molecule has 7 heteroatoms. The Morgan fingerprint density at radius 1 is 1.24 bits per heavy atom. The minimum atomic E-state index is -2.40. The van der Waals surface area contributed by atoms with Gasteiger partial charge in [0.1, 0.15) is 5.60 Å². The van der Waals surface area contributed by atoms with E-state index >= 15 is 0 Å². The molecule has 100 valence electrons. The third-order valence-electron chi connectivity index (χ3n) is 2.12. The molecule has 0 aromatic carbocycles. The van der Waals surface area contributed by atoms with Crippen LogP contribution in [0.15, 0.2) is 0 Å². The van der Waals surface area contributed by atoms with Gasteiger partial charge in [-0.3, -0.25) is 0 Å². The number of halogens is 2. The Balaban J connectivity index is 2.34. The van der Waals surface area contributed by atoms with E-state index in [2.05, 4.69) is 0 Å². The Labute approximate surface area is 104 Å². The number of carbonyl (C=O) groups is 1. The smallest absolute Gasteiger partial charge is 0.410 e. The quantitative estimate of drug-likeness (QED) is 0.720. The van der Waals surface area contributed by atoms with Crippen molar-refractivity contribution in [1.29, 1.82) is 0 Å². The van der Waals surface area contributed by atoms with Gasteiger partial charge in [0, 0.05) is 26.2 Å². The Kier molecular flexibility index (Phi) is 5.00. The minimum absolute atomic E-state index is 0.376. The molecular formula is C10H18F2N2O2S. The van der Waals surface area contributed by atoms with Crippen molar-refractivity contribution in [2.24, 2.45) is 0 Å². The fourth-order valence-electron chi connectivity index (χ4n) is 1.42. The molecule has 1 amide bonds. The average Bonchev–Trinajstić information content (AvgIpc) is 2.15. The Bertz CT molecular complexity index is 264. The molecule has 1 saturated heterocycles. The number of rotatable bonds is 2. The fourth-order valence-corrected chi connectivity index (χ4v) is 2.01. The van der Waals surface area contributed by atoms with Crippen LogP contribution >= 0.6 is 11.9 Å². The van der Waals surface area contributed by atoms with Crippen LogP contribution in [0.5, 0.6) is 0 Å². The zero-order chi connectivity index (χ0) is 13.1. The Morgan fingerprint density at radius 3 is 2.18 bits per heavy atom. The molecule has 0 aromatic heterocycles. The van der Waals surface area contributed by atoms with Gasteiger partial charge >= 0.3 is 6.09 Å². The molecule has 0 aromatic rings. The molecule has 0 bridgehead atoms. The largest absolute Gasteiger partial charge is 0.444 e. The first-order valence-corrected chi connectivity index (χ1v) is 6.29. The lowest BCUT2D eigenvalue weighted by molar-refractivity contribution is 0.0196. The summed E-state index contributed by atoms with van der Waals surface area (Å²) in [5.74, 6) is -2.40. The van der Waals surface area contributed by atoms with Gasteiger partial charge in [0.25, 0.3) is 5.76 Å². The van der Waals surface area contributed by atoms with E-state index in [0.717, 1.165) is 0 Å². The summed E-state index contributed by atoms with van der Waals surface area (Å²) in [6, 6.07) is 0. The first-order chi connectivity index (χ1) is 7.78. The van der Waals surface area contributed by atoms with Crippen LogP contribution in [-0.4, -0.2) is 52.8 Å². The highest BCUT2D eigenvalue weighted by Crippen LogP contribution is 2.21. The van der Waals surface area contributed by atoms with E-state index in [-0.39, 0.29) is 6.09 Å². The van der Waals surface area contributed by atoms with E-state index in [0.29, 0.717) is 38.1 Å². The molecule has 4 nitrogen and oxygen atoms in total. The normalized spacial score (nSPS) is 18.6. The van der Waals surface area contributed by atoms with Crippen molar-refractivity contribution in [2.45, 2.75) is 32.1 Å². The van der Waals surface area contributed by atoms with Gasteiger partial charge in [0.05, 0.1) is 0 Å². The lowest BCUT2D eigenvalue weighted by Crippen LogP contribution is -2.48. The van der Waals surface area contributed by atoms with Crippen LogP contribution < -0.4 is 0 Å². The number of hydrogen-bond donors (Lipinski definition) is 0. The minimum Gasteiger partial charge on any atom is -0.444 e. The molecule has 0 atom stereocenters. The predicted octanol–water partition coefficient (Wildman–Crippen LogP) is 2.41. The molecule has 1 rings (SSSR count). The van der Waals surface area contributed by atoms with Gasteiger partial charge in [-0.2, -0.15) is 8.78 Å². The highest BCUT2D eigenvalue weighted by Gasteiger charge is 2.26. The van der Waals surface area contributed by atoms with Crippen LogP contribution in [0.25, 0.3) is 0 Å². The van der Waals surface area contributed by atoms with E-state index in [1.807, 2.05) is 0 Å². The third-order valence-corrected chi connectivity index (χ3v) is 2.94. The highest BCUT2D eigenvalue weighted by molar-refractivity contribution is 7.97. The summed E-state index contributed by atoms with van der Waals surface area (Å²) in [5, 5.41) is 0. The maximum atomic E-state index is 12.1. The summed E-state index contributed by atoms with van der Waals surface area (Å²) in [5.41, 5.74) is -0.522. The standard InChI is InChI=1S/C10H18F2N2O2S/c1-10(2,3)16-9(15)13-4-6-14(7-5-13)17-8(11)12/h8H,4-7H2,1-3H3. The summed E-state index contributed by atoms with van der Waals surface area (Å²) < 4.78 is 31.0. The van der Waals surface area contributed by atoms with Crippen molar-refractivity contribution in [3.05, 3.63) is 0 Å². The van der Waals surface area contributed by atoms with Gasteiger partial charge in [0.15, 0.2) is 0 Å². The predicted molar refractivity (Wildman–Crippen MR) is 63.0 cm³/mol. The molecule has 1 fully saturated rings. The molecule has 17 heavy (non-hydrogen) atoms. The first kappa shape index (κ1) is 14.5. The van der Waals surface area contributed by atoms with Gasteiger partial charge in [-0.05, 0) is 32.7 Å². The lowest BCUT2D eigenvalue weighted by Gasteiger charge is -2.34. The molecule has 0 unspecified atom stereocenters. The Hall–Kier alpha value is -0.560. The van der Waals surface area contributed by atoms with Crippen molar-refractivity contribution in [3.63, 3.8) is 0 Å². The molecule has 0 saturated carbocycles. The molecule has 0 N–H and O–H groups in total. The second-order valence-corrected chi connectivity index (χ2v) is 5.85. The van der Waals surface area contributed by atoms with Gasteiger partial charge < -0.3 is 9.64 Å². The van der Waals surface area contributed by atoms with Crippen LogP contribution in [-0.2, 0) is 4.74 Å². The Morgan fingerprint density at radius 2 is 1.76 bits per heavy atom. The summed E-state index contributed by atoms with van der Waals surface area (Å²) >= 11 is 0.523. The van der Waals surface area contributed by atoms with Crippen molar-refractivity contribution in [2.75, 3.05) is 26.2 Å². The van der Waals surface area contributed by atoms with Gasteiger partial charge in [0.2, 0.25) is 0 Å². The van der Waals surface area contributed by atoms with Crippen molar-refractivity contribution in [1.82, 2.24) is 9.21 Å². The second-order valence-electron chi connectivity index (χ2n) is 4.76. The monoisotopic (exact) mass is 268 g/mol. The molecular weight excluding hydrogens is 250 g/mol. The topological polar surface area (TPSA) is 32.8 Å². The van der Waals surface area contributed by atoms with Crippen LogP contribution in [0, 0.1) is 0 Å². The van der Waals surface area contributed by atoms with Crippen molar-refractivity contribution in [3.8, 4) is 0 Å². The summed E-state index contributed by atoms with van der Waals surface area (Å²) in [4.78, 5) is 13.2.